The lowest BCUT2D eigenvalue weighted by atomic mass is 9.93. The highest BCUT2D eigenvalue weighted by molar-refractivity contribution is 5.84. The first-order chi connectivity index (χ1) is 8.88. The molecule has 2 amide bonds. The Balaban J connectivity index is 2.57. The van der Waals surface area contributed by atoms with Gasteiger partial charge in [0.15, 0.2) is 0 Å². The molecule has 108 valence electrons. The molecule has 0 aliphatic heterocycles. The quantitative estimate of drug-likeness (QED) is 0.637. The second kappa shape index (κ2) is 6.40. The second-order valence-electron chi connectivity index (χ2n) is 4.90. The van der Waals surface area contributed by atoms with Crippen LogP contribution >= 0.6 is 0 Å². The summed E-state index contributed by atoms with van der Waals surface area (Å²) in [5.41, 5.74) is -0.703. The van der Waals surface area contributed by atoms with E-state index in [4.69, 9.17) is 5.11 Å². The van der Waals surface area contributed by atoms with Gasteiger partial charge in [0.25, 0.3) is 0 Å². The van der Waals surface area contributed by atoms with E-state index in [1.54, 1.807) is 0 Å². The third-order valence-electron chi connectivity index (χ3n) is 3.33. The Morgan fingerprint density at radius 2 is 1.89 bits per heavy atom. The first-order valence-electron chi connectivity index (χ1n) is 6.27. The number of carbonyl (C=O) groups excluding carboxylic acids is 2. The zero-order valence-electron chi connectivity index (χ0n) is 11.2. The average molecular weight is 272 g/mol. The monoisotopic (exact) mass is 272 g/mol. The normalized spacial score (nSPS) is 18.4. The molecule has 0 saturated heterocycles. The minimum atomic E-state index is -0.941. The second-order valence-corrected chi connectivity index (χ2v) is 4.90. The molecule has 0 aromatic carbocycles. The molecule has 1 aliphatic rings. The SMILES string of the molecule is COC(=O)C(C)NC(=O)NC1(CC(=O)O)CCCC1. The number of rotatable bonds is 5. The smallest absolute Gasteiger partial charge is 0.328 e. The maximum Gasteiger partial charge on any atom is 0.328 e. The van der Waals surface area contributed by atoms with E-state index >= 15 is 0 Å². The van der Waals surface area contributed by atoms with Crippen molar-refractivity contribution in [2.24, 2.45) is 0 Å². The summed E-state index contributed by atoms with van der Waals surface area (Å²) in [6.45, 7) is 1.50. The summed E-state index contributed by atoms with van der Waals surface area (Å²) in [6.07, 6.45) is 2.95. The molecule has 7 nitrogen and oxygen atoms in total. The Labute approximate surface area is 111 Å². The maximum absolute atomic E-state index is 11.8. The zero-order chi connectivity index (χ0) is 14.5. The lowest BCUT2D eigenvalue weighted by Gasteiger charge is -2.29. The van der Waals surface area contributed by atoms with E-state index in [1.807, 2.05) is 0 Å². The molecular formula is C12H20N2O5. The van der Waals surface area contributed by atoms with Crippen LogP contribution in [0, 0.1) is 0 Å². The lowest BCUT2D eigenvalue weighted by molar-refractivity contribution is -0.142. The summed E-state index contributed by atoms with van der Waals surface area (Å²) >= 11 is 0. The van der Waals surface area contributed by atoms with Crippen molar-refractivity contribution in [3.63, 3.8) is 0 Å². The molecule has 3 N–H and O–H groups in total. The van der Waals surface area contributed by atoms with Crippen LogP contribution in [0.15, 0.2) is 0 Å². The third kappa shape index (κ3) is 4.42. The van der Waals surface area contributed by atoms with Gasteiger partial charge in [-0.15, -0.1) is 0 Å². The maximum atomic E-state index is 11.8. The number of hydrogen-bond acceptors (Lipinski definition) is 4. The van der Waals surface area contributed by atoms with Crippen LogP contribution in [0.3, 0.4) is 0 Å². The summed E-state index contributed by atoms with van der Waals surface area (Å²) in [5, 5.41) is 14.0. The Morgan fingerprint density at radius 3 is 2.37 bits per heavy atom. The van der Waals surface area contributed by atoms with Crippen LogP contribution < -0.4 is 10.6 Å². The van der Waals surface area contributed by atoms with E-state index in [0.717, 1.165) is 12.8 Å². The van der Waals surface area contributed by atoms with Gasteiger partial charge in [0.1, 0.15) is 6.04 Å². The van der Waals surface area contributed by atoms with Gasteiger partial charge in [-0.3, -0.25) is 4.79 Å². The van der Waals surface area contributed by atoms with Gasteiger partial charge in [0.2, 0.25) is 0 Å². The fourth-order valence-corrected chi connectivity index (χ4v) is 2.40. The molecule has 19 heavy (non-hydrogen) atoms. The van der Waals surface area contributed by atoms with Crippen molar-refractivity contribution in [3.05, 3.63) is 0 Å². The molecule has 0 heterocycles. The van der Waals surface area contributed by atoms with Crippen molar-refractivity contribution in [3.8, 4) is 0 Å². The highest BCUT2D eigenvalue weighted by atomic mass is 16.5. The number of urea groups is 1. The predicted molar refractivity (Wildman–Crippen MR) is 66.6 cm³/mol. The number of esters is 1. The summed E-state index contributed by atoms with van der Waals surface area (Å²) in [5.74, 6) is -1.49. The fraction of sp³-hybridized carbons (Fsp3) is 0.750. The lowest BCUT2D eigenvalue weighted by Crippen LogP contribution is -2.54. The number of carbonyl (C=O) groups is 3. The molecule has 1 fully saturated rings. The van der Waals surface area contributed by atoms with Crippen molar-refractivity contribution < 1.29 is 24.2 Å². The molecule has 1 unspecified atom stereocenters. The Morgan fingerprint density at radius 1 is 1.32 bits per heavy atom. The van der Waals surface area contributed by atoms with Gasteiger partial charge in [-0.1, -0.05) is 12.8 Å². The van der Waals surface area contributed by atoms with Crippen LogP contribution in [0.5, 0.6) is 0 Å². The molecule has 1 saturated carbocycles. The standard InChI is InChI=1S/C12H20N2O5/c1-8(10(17)19-2)13-11(18)14-12(7-9(15)16)5-3-4-6-12/h8H,3-7H2,1-2H3,(H,15,16)(H2,13,14,18). The number of hydrogen-bond donors (Lipinski definition) is 3. The van der Waals surface area contributed by atoms with Crippen LogP contribution in [0.2, 0.25) is 0 Å². The van der Waals surface area contributed by atoms with Crippen LogP contribution in [0.1, 0.15) is 39.0 Å². The van der Waals surface area contributed by atoms with E-state index in [9.17, 15) is 14.4 Å². The van der Waals surface area contributed by atoms with Crippen molar-refractivity contribution >= 4 is 18.0 Å². The molecule has 7 heteroatoms. The van der Waals surface area contributed by atoms with Gasteiger partial charge in [0, 0.05) is 0 Å². The Bertz CT molecular complexity index is 363. The summed E-state index contributed by atoms with van der Waals surface area (Å²) in [4.78, 5) is 33.8. The first-order valence-corrected chi connectivity index (χ1v) is 6.27. The summed E-state index contributed by atoms with van der Waals surface area (Å²) in [7, 11) is 1.24. The minimum absolute atomic E-state index is 0.104. The van der Waals surface area contributed by atoms with Gasteiger partial charge in [-0.05, 0) is 19.8 Å². The van der Waals surface area contributed by atoms with Crippen molar-refractivity contribution in [2.75, 3.05) is 7.11 Å². The minimum Gasteiger partial charge on any atom is -0.481 e. The number of amides is 2. The molecule has 0 aromatic rings. The van der Waals surface area contributed by atoms with Crippen molar-refractivity contribution in [1.82, 2.24) is 10.6 Å². The average Bonchev–Trinajstić information content (AvgIpc) is 2.74. The van der Waals surface area contributed by atoms with E-state index < -0.39 is 29.6 Å². The molecular weight excluding hydrogens is 252 g/mol. The molecule has 1 atom stereocenters. The topological polar surface area (TPSA) is 105 Å². The molecule has 1 rings (SSSR count). The number of aliphatic carboxylic acids is 1. The third-order valence-corrected chi connectivity index (χ3v) is 3.33. The van der Waals surface area contributed by atoms with Crippen LogP contribution in [-0.4, -0.2) is 41.8 Å². The molecule has 0 radical (unpaired) electrons. The van der Waals surface area contributed by atoms with Gasteiger partial charge in [-0.25, -0.2) is 9.59 Å². The van der Waals surface area contributed by atoms with Crippen LogP contribution in [0.25, 0.3) is 0 Å². The van der Waals surface area contributed by atoms with E-state index in [1.165, 1.54) is 14.0 Å². The largest absolute Gasteiger partial charge is 0.481 e. The van der Waals surface area contributed by atoms with Gasteiger partial charge < -0.3 is 20.5 Å². The van der Waals surface area contributed by atoms with E-state index in [0.29, 0.717) is 12.8 Å². The van der Waals surface area contributed by atoms with Crippen molar-refractivity contribution in [1.29, 1.82) is 0 Å². The fourth-order valence-electron chi connectivity index (χ4n) is 2.40. The Kier molecular flexibility index (Phi) is 5.14. The van der Waals surface area contributed by atoms with Gasteiger partial charge in [0.05, 0.1) is 19.1 Å². The van der Waals surface area contributed by atoms with Gasteiger partial charge in [-0.2, -0.15) is 0 Å². The van der Waals surface area contributed by atoms with Crippen LogP contribution in [0.4, 0.5) is 4.79 Å². The first kappa shape index (κ1) is 15.3. The number of carboxylic acid groups (broad SMARTS) is 1. The summed E-state index contributed by atoms with van der Waals surface area (Å²) < 4.78 is 4.50. The van der Waals surface area contributed by atoms with E-state index in [2.05, 4.69) is 15.4 Å². The molecule has 1 aliphatic carbocycles. The molecule has 0 aromatic heterocycles. The van der Waals surface area contributed by atoms with Gasteiger partial charge >= 0.3 is 18.0 Å². The molecule has 0 bridgehead atoms. The zero-order valence-corrected chi connectivity index (χ0v) is 11.2. The molecule has 0 spiro atoms. The number of ether oxygens (including phenoxy) is 1. The highest BCUT2D eigenvalue weighted by Gasteiger charge is 2.37. The van der Waals surface area contributed by atoms with Crippen LogP contribution in [-0.2, 0) is 14.3 Å². The van der Waals surface area contributed by atoms with Crippen molar-refractivity contribution in [2.45, 2.75) is 50.6 Å². The van der Waals surface area contributed by atoms with E-state index in [-0.39, 0.29) is 6.42 Å². The highest BCUT2D eigenvalue weighted by Crippen LogP contribution is 2.32. The number of carboxylic acids is 1. The number of methoxy groups -OCH3 is 1. The predicted octanol–water partition coefficient (Wildman–Crippen LogP) is 0.635. The summed E-state index contributed by atoms with van der Waals surface area (Å²) in [6, 6.07) is -1.31. The number of nitrogens with one attached hydrogen (secondary N) is 2. The Hall–Kier alpha value is -1.79.